The van der Waals surface area contributed by atoms with Crippen LogP contribution >= 0.6 is 11.8 Å². The molecule has 94 valence electrons. The van der Waals surface area contributed by atoms with Crippen LogP contribution in [0.25, 0.3) is 10.8 Å². The van der Waals surface area contributed by atoms with Gasteiger partial charge in [0, 0.05) is 11.3 Å². The molecule has 0 aliphatic carbocycles. The third kappa shape index (κ3) is 3.05. The van der Waals surface area contributed by atoms with Crippen LogP contribution in [-0.2, 0) is 16.0 Å². The first-order valence-corrected chi connectivity index (χ1v) is 7.09. The van der Waals surface area contributed by atoms with E-state index in [-0.39, 0.29) is 5.97 Å². The summed E-state index contributed by atoms with van der Waals surface area (Å²) in [7, 11) is 1.42. The summed E-state index contributed by atoms with van der Waals surface area (Å²) in [6.45, 7) is 0. The van der Waals surface area contributed by atoms with Crippen molar-refractivity contribution in [1.29, 1.82) is 0 Å². The maximum absolute atomic E-state index is 11.1. The lowest BCUT2D eigenvalue weighted by atomic mass is 10.0. The Hall–Kier alpha value is -1.48. The summed E-state index contributed by atoms with van der Waals surface area (Å²) in [5, 5.41) is 2.46. The van der Waals surface area contributed by atoms with Crippen molar-refractivity contribution in [3.8, 4) is 0 Å². The third-order valence-corrected chi connectivity index (χ3v) is 3.68. The minimum atomic E-state index is -0.159. The Morgan fingerprint density at radius 2 is 1.89 bits per heavy atom. The fraction of sp³-hybridized carbons (Fsp3) is 0.267. The molecule has 2 aromatic carbocycles. The van der Waals surface area contributed by atoms with Gasteiger partial charge in [0.15, 0.2) is 0 Å². The number of carbonyl (C=O) groups is 1. The van der Waals surface area contributed by atoms with Gasteiger partial charge in [-0.3, -0.25) is 4.79 Å². The van der Waals surface area contributed by atoms with Gasteiger partial charge >= 0.3 is 5.97 Å². The van der Waals surface area contributed by atoms with Crippen molar-refractivity contribution in [2.75, 3.05) is 13.4 Å². The molecule has 0 aromatic heterocycles. The van der Waals surface area contributed by atoms with Crippen LogP contribution in [0, 0.1) is 0 Å². The molecule has 0 atom stereocenters. The van der Waals surface area contributed by atoms with Crippen molar-refractivity contribution >= 4 is 28.5 Å². The number of hydrogen-bond donors (Lipinski definition) is 0. The standard InChI is InChI=1S/C15H16O2S/c1-17-15(16)8-4-11-3-5-13-10-14(18-2)7-6-12(13)9-11/h3,5-7,9-10H,4,8H2,1-2H3. The highest BCUT2D eigenvalue weighted by Crippen LogP contribution is 2.23. The van der Waals surface area contributed by atoms with Crippen LogP contribution in [0.15, 0.2) is 41.3 Å². The Morgan fingerprint density at radius 1 is 1.17 bits per heavy atom. The topological polar surface area (TPSA) is 26.3 Å². The molecule has 18 heavy (non-hydrogen) atoms. The minimum Gasteiger partial charge on any atom is -0.469 e. The minimum absolute atomic E-state index is 0.159. The summed E-state index contributed by atoms with van der Waals surface area (Å²) in [6.07, 6.45) is 3.24. The number of rotatable bonds is 4. The Bertz CT molecular complexity index is 563. The number of ether oxygens (including phenoxy) is 1. The molecule has 0 radical (unpaired) electrons. The van der Waals surface area contributed by atoms with Crippen LogP contribution in [0.5, 0.6) is 0 Å². The van der Waals surface area contributed by atoms with E-state index in [9.17, 15) is 4.79 Å². The number of carbonyl (C=O) groups excluding carboxylic acids is 1. The molecule has 0 unspecified atom stereocenters. The van der Waals surface area contributed by atoms with Gasteiger partial charge in [0.25, 0.3) is 0 Å². The zero-order valence-corrected chi connectivity index (χ0v) is 11.4. The van der Waals surface area contributed by atoms with Gasteiger partial charge in [-0.05, 0) is 41.1 Å². The molecule has 2 aromatic rings. The molecule has 0 aliphatic rings. The van der Waals surface area contributed by atoms with E-state index < -0.39 is 0 Å². The molecule has 0 fully saturated rings. The first kappa shape index (κ1) is 13.0. The predicted octanol–water partition coefficient (Wildman–Crippen LogP) is 3.67. The summed E-state index contributed by atoms with van der Waals surface area (Å²) in [5.41, 5.74) is 1.17. The molecule has 2 nitrogen and oxygen atoms in total. The van der Waals surface area contributed by atoms with Crippen molar-refractivity contribution in [2.24, 2.45) is 0 Å². The van der Waals surface area contributed by atoms with Gasteiger partial charge in [-0.2, -0.15) is 0 Å². The summed E-state index contributed by atoms with van der Waals surface area (Å²) in [6, 6.07) is 12.8. The first-order valence-electron chi connectivity index (χ1n) is 5.86. The highest BCUT2D eigenvalue weighted by atomic mass is 32.2. The number of benzene rings is 2. The molecular formula is C15H16O2S. The van der Waals surface area contributed by atoms with Crippen LogP contribution in [-0.4, -0.2) is 19.3 Å². The number of methoxy groups -OCH3 is 1. The lowest BCUT2D eigenvalue weighted by Crippen LogP contribution is -2.01. The Kier molecular flexibility index (Phi) is 4.26. The molecule has 0 N–H and O–H groups in total. The van der Waals surface area contributed by atoms with Gasteiger partial charge in [0.2, 0.25) is 0 Å². The monoisotopic (exact) mass is 260 g/mol. The second kappa shape index (κ2) is 5.91. The van der Waals surface area contributed by atoms with Crippen molar-refractivity contribution in [2.45, 2.75) is 17.7 Å². The predicted molar refractivity (Wildman–Crippen MR) is 76.1 cm³/mol. The van der Waals surface area contributed by atoms with Crippen molar-refractivity contribution in [1.82, 2.24) is 0 Å². The molecular weight excluding hydrogens is 244 g/mol. The summed E-state index contributed by atoms with van der Waals surface area (Å²) >= 11 is 1.74. The Morgan fingerprint density at radius 3 is 2.61 bits per heavy atom. The van der Waals surface area contributed by atoms with Gasteiger partial charge in [-0.1, -0.05) is 24.3 Å². The van der Waals surface area contributed by atoms with E-state index in [0.29, 0.717) is 6.42 Å². The van der Waals surface area contributed by atoms with E-state index in [2.05, 4.69) is 47.4 Å². The van der Waals surface area contributed by atoms with Gasteiger partial charge in [-0.25, -0.2) is 0 Å². The lowest BCUT2D eigenvalue weighted by molar-refractivity contribution is -0.140. The molecule has 0 spiro atoms. The van der Waals surface area contributed by atoms with E-state index in [1.807, 2.05) is 0 Å². The average Bonchev–Trinajstić information content (AvgIpc) is 2.43. The fourth-order valence-electron chi connectivity index (χ4n) is 1.90. The second-order valence-electron chi connectivity index (χ2n) is 4.12. The van der Waals surface area contributed by atoms with Crippen LogP contribution in [0.2, 0.25) is 0 Å². The van der Waals surface area contributed by atoms with Gasteiger partial charge in [-0.15, -0.1) is 11.8 Å². The summed E-state index contributed by atoms with van der Waals surface area (Å²) in [5.74, 6) is -0.159. The fourth-order valence-corrected chi connectivity index (χ4v) is 2.35. The van der Waals surface area contributed by atoms with E-state index >= 15 is 0 Å². The van der Waals surface area contributed by atoms with Gasteiger partial charge in [0.05, 0.1) is 7.11 Å². The first-order chi connectivity index (χ1) is 8.72. The SMILES string of the molecule is COC(=O)CCc1ccc2cc(SC)ccc2c1. The van der Waals surface area contributed by atoms with Crippen molar-refractivity contribution < 1.29 is 9.53 Å². The van der Waals surface area contributed by atoms with Crippen LogP contribution < -0.4 is 0 Å². The maximum Gasteiger partial charge on any atom is 0.305 e. The molecule has 2 rings (SSSR count). The molecule has 0 bridgehead atoms. The highest BCUT2D eigenvalue weighted by Gasteiger charge is 2.03. The average molecular weight is 260 g/mol. The maximum atomic E-state index is 11.1. The smallest absolute Gasteiger partial charge is 0.305 e. The molecule has 0 heterocycles. The zero-order chi connectivity index (χ0) is 13.0. The van der Waals surface area contributed by atoms with E-state index in [1.165, 1.54) is 28.3 Å². The molecule has 3 heteroatoms. The number of esters is 1. The summed E-state index contributed by atoms with van der Waals surface area (Å²) < 4.78 is 4.65. The van der Waals surface area contributed by atoms with E-state index in [4.69, 9.17) is 0 Å². The molecule has 0 amide bonds. The number of hydrogen-bond acceptors (Lipinski definition) is 3. The number of thioether (sulfide) groups is 1. The zero-order valence-electron chi connectivity index (χ0n) is 10.6. The second-order valence-corrected chi connectivity index (χ2v) is 5.00. The third-order valence-electron chi connectivity index (χ3n) is 2.96. The Balaban J connectivity index is 2.20. The lowest BCUT2D eigenvalue weighted by Gasteiger charge is -2.05. The molecule has 0 saturated carbocycles. The largest absolute Gasteiger partial charge is 0.469 e. The molecule has 0 saturated heterocycles. The van der Waals surface area contributed by atoms with Crippen molar-refractivity contribution in [3.05, 3.63) is 42.0 Å². The molecule has 0 aliphatic heterocycles. The quantitative estimate of drug-likeness (QED) is 0.620. The Labute approximate surface area is 111 Å². The van der Waals surface area contributed by atoms with Crippen LogP contribution in [0.1, 0.15) is 12.0 Å². The summed E-state index contributed by atoms with van der Waals surface area (Å²) in [4.78, 5) is 12.4. The van der Waals surface area contributed by atoms with E-state index in [0.717, 1.165) is 6.42 Å². The van der Waals surface area contributed by atoms with Gasteiger partial charge < -0.3 is 4.74 Å². The number of aryl methyl sites for hydroxylation is 1. The number of fused-ring (bicyclic) bond motifs is 1. The van der Waals surface area contributed by atoms with Crippen LogP contribution in [0.3, 0.4) is 0 Å². The van der Waals surface area contributed by atoms with Crippen LogP contribution in [0.4, 0.5) is 0 Å². The highest BCUT2D eigenvalue weighted by molar-refractivity contribution is 7.98. The van der Waals surface area contributed by atoms with E-state index in [1.54, 1.807) is 11.8 Å². The van der Waals surface area contributed by atoms with Crippen molar-refractivity contribution in [3.63, 3.8) is 0 Å². The normalized spacial score (nSPS) is 10.6. The van der Waals surface area contributed by atoms with Gasteiger partial charge in [0.1, 0.15) is 0 Å².